The molecule has 0 radical (unpaired) electrons. The van der Waals surface area contributed by atoms with Crippen LogP contribution in [0.2, 0.25) is 5.02 Å². The molecule has 8 heteroatoms. The molecule has 2 aromatic carbocycles. The summed E-state index contributed by atoms with van der Waals surface area (Å²) in [5, 5.41) is -0.0635. The van der Waals surface area contributed by atoms with Crippen molar-refractivity contribution in [3.05, 3.63) is 78.1 Å². The van der Waals surface area contributed by atoms with Gasteiger partial charge in [0, 0.05) is 11.6 Å². The van der Waals surface area contributed by atoms with Crippen molar-refractivity contribution in [1.82, 2.24) is 9.13 Å². The van der Waals surface area contributed by atoms with Crippen molar-refractivity contribution in [2.75, 3.05) is 7.11 Å². The maximum Gasteiger partial charge on any atom is 0.331 e. The van der Waals surface area contributed by atoms with E-state index in [1.54, 1.807) is 0 Å². The van der Waals surface area contributed by atoms with E-state index in [0.29, 0.717) is 0 Å². The van der Waals surface area contributed by atoms with Gasteiger partial charge >= 0.3 is 5.69 Å². The second-order valence-corrected chi connectivity index (χ2v) is 8.46. The standard InChI is InChI=1S/C20H19BrClFN2O3/c1-20(2,28-3)11-25-17-9-15(22)16(23)8-14(17)18(26)24(19(25)27)10-12-4-6-13(21)7-5-12/h4-9H,10-11H2,1-3H3. The van der Waals surface area contributed by atoms with E-state index in [0.717, 1.165) is 20.7 Å². The zero-order valence-electron chi connectivity index (χ0n) is 15.6. The Morgan fingerprint density at radius 1 is 1.14 bits per heavy atom. The first-order valence-corrected chi connectivity index (χ1v) is 9.72. The fourth-order valence-electron chi connectivity index (χ4n) is 2.92. The quantitative estimate of drug-likeness (QED) is 0.563. The minimum atomic E-state index is -0.711. The van der Waals surface area contributed by atoms with Crippen molar-refractivity contribution in [2.24, 2.45) is 0 Å². The molecular weight excluding hydrogens is 451 g/mol. The van der Waals surface area contributed by atoms with Gasteiger partial charge in [-0.3, -0.25) is 13.9 Å². The Morgan fingerprint density at radius 2 is 1.79 bits per heavy atom. The maximum atomic E-state index is 14.1. The number of halogens is 3. The molecule has 0 saturated carbocycles. The van der Waals surface area contributed by atoms with Crippen molar-refractivity contribution in [2.45, 2.75) is 32.5 Å². The molecule has 0 aliphatic heterocycles. The average Bonchev–Trinajstić information content (AvgIpc) is 2.65. The lowest BCUT2D eigenvalue weighted by Crippen LogP contribution is -2.44. The van der Waals surface area contributed by atoms with Crippen LogP contribution in [-0.4, -0.2) is 21.8 Å². The predicted molar refractivity (Wildman–Crippen MR) is 112 cm³/mol. The monoisotopic (exact) mass is 468 g/mol. The van der Waals surface area contributed by atoms with Crippen LogP contribution in [0.1, 0.15) is 19.4 Å². The highest BCUT2D eigenvalue weighted by Crippen LogP contribution is 2.22. The molecule has 0 aliphatic rings. The molecular formula is C20H19BrClFN2O3. The van der Waals surface area contributed by atoms with Crippen molar-refractivity contribution in [3.8, 4) is 0 Å². The summed E-state index contributed by atoms with van der Waals surface area (Å²) in [5.41, 5.74) is -0.706. The smallest absolute Gasteiger partial charge is 0.331 e. The average molecular weight is 470 g/mol. The number of aromatic nitrogens is 2. The molecule has 0 unspecified atom stereocenters. The highest BCUT2D eigenvalue weighted by Gasteiger charge is 2.23. The third-order valence-corrected chi connectivity index (χ3v) is 5.43. The second-order valence-electron chi connectivity index (χ2n) is 7.13. The van der Waals surface area contributed by atoms with Crippen LogP contribution in [0.4, 0.5) is 4.39 Å². The fraction of sp³-hybridized carbons (Fsp3) is 0.300. The fourth-order valence-corrected chi connectivity index (χ4v) is 3.34. The first-order valence-electron chi connectivity index (χ1n) is 8.55. The topological polar surface area (TPSA) is 53.2 Å². The molecule has 0 saturated heterocycles. The van der Waals surface area contributed by atoms with Crippen LogP contribution in [0, 0.1) is 5.82 Å². The molecule has 0 N–H and O–H groups in total. The highest BCUT2D eigenvalue weighted by atomic mass is 79.9. The van der Waals surface area contributed by atoms with Gasteiger partial charge in [0.25, 0.3) is 5.56 Å². The van der Waals surface area contributed by atoms with Crippen LogP contribution >= 0.6 is 27.5 Å². The highest BCUT2D eigenvalue weighted by molar-refractivity contribution is 9.10. The van der Waals surface area contributed by atoms with Crippen molar-refractivity contribution in [1.29, 1.82) is 0 Å². The minimum Gasteiger partial charge on any atom is -0.377 e. The number of ether oxygens (including phenoxy) is 1. The number of methoxy groups -OCH3 is 1. The molecule has 28 heavy (non-hydrogen) atoms. The molecule has 0 aliphatic carbocycles. The second kappa shape index (κ2) is 7.81. The number of rotatable bonds is 5. The van der Waals surface area contributed by atoms with Crippen molar-refractivity contribution in [3.63, 3.8) is 0 Å². The first-order chi connectivity index (χ1) is 13.1. The number of hydrogen-bond acceptors (Lipinski definition) is 3. The number of nitrogens with zero attached hydrogens (tertiary/aromatic N) is 2. The molecule has 148 valence electrons. The normalized spacial score (nSPS) is 11.9. The van der Waals surface area contributed by atoms with E-state index in [1.807, 2.05) is 38.1 Å². The Morgan fingerprint density at radius 3 is 2.39 bits per heavy atom. The van der Waals surface area contributed by atoms with Gasteiger partial charge in [-0.1, -0.05) is 39.7 Å². The van der Waals surface area contributed by atoms with Crippen LogP contribution in [0.25, 0.3) is 10.9 Å². The molecule has 1 heterocycles. The van der Waals surface area contributed by atoms with Gasteiger partial charge in [0.05, 0.1) is 34.6 Å². The molecule has 0 amide bonds. The Hall–Kier alpha value is -1.96. The largest absolute Gasteiger partial charge is 0.377 e. The molecule has 0 spiro atoms. The lowest BCUT2D eigenvalue weighted by Gasteiger charge is -2.25. The van der Waals surface area contributed by atoms with Gasteiger partial charge < -0.3 is 4.74 Å². The molecule has 0 bridgehead atoms. The Bertz CT molecular complexity index is 1150. The summed E-state index contributed by atoms with van der Waals surface area (Å²) in [6.07, 6.45) is 0. The molecule has 3 aromatic rings. The van der Waals surface area contributed by atoms with E-state index in [-0.39, 0.29) is 29.0 Å². The summed E-state index contributed by atoms with van der Waals surface area (Å²) in [7, 11) is 1.54. The Kier molecular flexibility index (Phi) is 5.79. The van der Waals surface area contributed by atoms with Gasteiger partial charge in [0.2, 0.25) is 0 Å². The molecule has 1 aromatic heterocycles. The van der Waals surface area contributed by atoms with E-state index in [2.05, 4.69) is 15.9 Å². The van der Waals surface area contributed by atoms with E-state index < -0.39 is 22.7 Å². The Labute approximate surface area is 174 Å². The summed E-state index contributed by atoms with van der Waals surface area (Å²) >= 11 is 9.28. The van der Waals surface area contributed by atoms with Gasteiger partial charge in [-0.15, -0.1) is 0 Å². The maximum absolute atomic E-state index is 14.1. The van der Waals surface area contributed by atoms with Gasteiger partial charge in [-0.05, 0) is 43.7 Å². The summed E-state index contributed by atoms with van der Waals surface area (Å²) in [4.78, 5) is 26.2. The van der Waals surface area contributed by atoms with E-state index >= 15 is 0 Å². The molecule has 5 nitrogen and oxygen atoms in total. The van der Waals surface area contributed by atoms with Crippen molar-refractivity contribution < 1.29 is 9.13 Å². The third kappa shape index (κ3) is 4.06. The lowest BCUT2D eigenvalue weighted by molar-refractivity contribution is 0.00784. The van der Waals surface area contributed by atoms with E-state index in [1.165, 1.54) is 17.7 Å². The van der Waals surface area contributed by atoms with E-state index in [4.69, 9.17) is 16.3 Å². The summed E-state index contributed by atoms with van der Waals surface area (Å²) in [6.45, 7) is 3.88. The molecule has 0 atom stereocenters. The van der Waals surface area contributed by atoms with Gasteiger partial charge in [-0.2, -0.15) is 0 Å². The zero-order chi connectivity index (χ0) is 20.6. The lowest BCUT2D eigenvalue weighted by atomic mass is 10.1. The minimum absolute atomic E-state index is 0.0680. The molecule has 3 rings (SSSR count). The van der Waals surface area contributed by atoms with Gasteiger partial charge in [0.15, 0.2) is 0 Å². The number of fused-ring (bicyclic) bond motifs is 1. The van der Waals surface area contributed by atoms with Crippen LogP contribution in [0.5, 0.6) is 0 Å². The zero-order valence-corrected chi connectivity index (χ0v) is 18.0. The van der Waals surface area contributed by atoms with Crippen molar-refractivity contribution >= 4 is 38.4 Å². The predicted octanol–water partition coefficient (Wildman–Crippen LogP) is 4.19. The van der Waals surface area contributed by atoms with Crippen LogP contribution in [-0.2, 0) is 17.8 Å². The third-order valence-electron chi connectivity index (χ3n) is 4.61. The number of hydrogen-bond donors (Lipinski definition) is 0. The van der Waals surface area contributed by atoms with Crippen LogP contribution in [0.3, 0.4) is 0 Å². The summed E-state index contributed by atoms with van der Waals surface area (Å²) in [5.74, 6) is -0.711. The SMILES string of the molecule is COC(C)(C)Cn1c(=O)n(Cc2ccc(Br)cc2)c(=O)c2cc(F)c(Cl)cc21. The summed E-state index contributed by atoms with van der Waals surface area (Å²) < 4.78 is 22.9. The van der Waals surface area contributed by atoms with Gasteiger partial charge in [-0.25, -0.2) is 9.18 Å². The molecule has 0 fully saturated rings. The summed E-state index contributed by atoms with van der Waals surface area (Å²) in [6, 6.07) is 9.66. The van der Waals surface area contributed by atoms with Crippen LogP contribution < -0.4 is 11.2 Å². The Balaban J connectivity index is 2.29. The van der Waals surface area contributed by atoms with E-state index in [9.17, 15) is 14.0 Å². The van der Waals surface area contributed by atoms with Gasteiger partial charge in [0.1, 0.15) is 5.82 Å². The number of benzene rings is 2. The first kappa shape index (κ1) is 20.8. The van der Waals surface area contributed by atoms with Crippen LogP contribution in [0.15, 0.2) is 50.5 Å².